The Hall–Kier alpha value is 3.23. The molecule has 0 saturated heterocycles. The van der Waals surface area contributed by atoms with Crippen LogP contribution in [0, 0.1) is 0 Å². The van der Waals surface area contributed by atoms with Gasteiger partial charge in [0.05, 0.1) is 0 Å². The summed E-state index contributed by atoms with van der Waals surface area (Å²) in [6.07, 6.45) is 0. The van der Waals surface area contributed by atoms with Crippen LogP contribution in [-0.4, -0.2) is 106 Å². The quantitative estimate of drug-likeness (QED) is 0.342. The molecule has 0 radical (unpaired) electrons. The number of hydrogen-bond acceptors (Lipinski definition) is 0. The number of rotatable bonds is 0. The zero-order valence-corrected chi connectivity index (χ0v) is 0.500. The standard InChI is InChI=1S/Al.Ca.H2O.Sr.7H/h;;1H2;;;;;;;;. The molecule has 0 aliphatic heterocycles. The van der Waals surface area contributed by atoms with Gasteiger partial charge in [-0.3, -0.25) is 0 Å². The Bertz CT molecular complexity index is 8.00. The molecule has 0 spiro atoms. The van der Waals surface area contributed by atoms with Crippen LogP contribution in [0.15, 0.2) is 0 Å². The molecular formula is H9AlCaOSr. The van der Waals surface area contributed by atoms with Crippen molar-refractivity contribution in [3.05, 3.63) is 0 Å². The summed E-state index contributed by atoms with van der Waals surface area (Å²) < 4.78 is 0. The monoisotopic (exact) mass is 180 g/mol. The third-order valence-electron chi connectivity index (χ3n) is 0. The summed E-state index contributed by atoms with van der Waals surface area (Å²) in [5.41, 5.74) is 0. The molecule has 0 aliphatic carbocycles. The molecule has 4 heteroatoms. The second-order valence-electron chi connectivity index (χ2n) is 0. The van der Waals surface area contributed by atoms with Gasteiger partial charge >= 0.3 is 83.2 Å². The molecule has 22 valence electrons. The van der Waals surface area contributed by atoms with E-state index in [0.29, 0.717) is 0 Å². The molecule has 0 aromatic carbocycles. The minimum atomic E-state index is 0. The summed E-state index contributed by atoms with van der Waals surface area (Å²) in [6, 6.07) is 0. The molecule has 0 rings (SSSR count). The van der Waals surface area contributed by atoms with Crippen molar-refractivity contribution < 1.29 is 5.48 Å². The van der Waals surface area contributed by atoms with Gasteiger partial charge in [-0.15, -0.1) is 0 Å². The molecule has 0 aromatic rings. The third-order valence-corrected chi connectivity index (χ3v) is 0. The zero-order valence-electron chi connectivity index (χ0n) is 0.500. The molecular weight excluding hydrogens is 171 g/mol. The van der Waals surface area contributed by atoms with E-state index in [0.717, 1.165) is 0 Å². The fourth-order valence-corrected chi connectivity index (χ4v) is 0. The molecule has 0 fully saturated rings. The summed E-state index contributed by atoms with van der Waals surface area (Å²) in [6.45, 7) is 0. The Morgan fingerprint density at radius 1 is 1.00 bits per heavy atom. The maximum atomic E-state index is 0. The second kappa shape index (κ2) is 16.3. The molecule has 1 nitrogen and oxygen atoms in total. The van der Waals surface area contributed by atoms with Gasteiger partial charge in [0.25, 0.3) is 0 Å². The van der Waals surface area contributed by atoms with E-state index in [1.807, 2.05) is 0 Å². The molecule has 0 aromatic heterocycles. The van der Waals surface area contributed by atoms with Crippen molar-refractivity contribution in [2.45, 2.75) is 0 Å². The topological polar surface area (TPSA) is 31.5 Å². The van der Waals surface area contributed by atoms with E-state index in [4.69, 9.17) is 0 Å². The van der Waals surface area contributed by atoms with E-state index in [1.165, 1.54) is 0 Å². The van der Waals surface area contributed by atoms with Crippen molar-refractivity contribution in [2.75, 3.05) is 0 Å². The minimum absolute atomic E-state index is 0. The molecule has 2 N–H and O–H groups in total. The van der Waals surface area contributed by atoms with Gasteiger partial charge in [-0.05, 0) is 0 Å². The molecule has 4 heavy (non-hydrogen) atoms. The first-order valence-electron chi connectivity index (χ1n) is 0. The SMILES string of the molecule is O.[AlH3].[CaH2].[SrH2]. The first-order valence-corrected chi connectivity index (χ1v) is 0. The van der Waals surface area contributed by atoms with Crippen LogP contribution < -0.4 is 0 Å². The Morgan fingerprint density at radius 3 is 1.00 bits per heavy atom. The van der Waals surface area contributed by atoms with Gasteiger partial charge in [-0.1, -0.05) is 0 Å². The zero-order chi connectivity index (χ0) is 0. The van der Waals surface area contributed by atoms with Crippen molar-refractivity contribution in [3.8, 4) is 0 Å². The van der Waals surface area contributed by atoms with Crippen LogP contribution >= 0.6 is 0 Å². The summed E-state index contributed by atoms with van der Waals surface area (Å²) in [7, 11) is 0. The second-order valence-corrected chi connectivity index (χ2v) is 0. The van der Waals surface area contributed by atoms with Crippen LogP contribution in [0.2, 0.25) is 0 Å². The molecule has 0 aliphatic rings. The van der Waals surface area contributed by atoms with E-state index in [1.54, 1.807) is 0 Å². The van der Waals surface area contributed by atoms with Gasteiger partial charge in [0.15, 0.2) is 17.4 Å². The third kappa shape index (κ3) is 8.97. The summed E-state index contributed by atoms with van der Waals surface area (Å²) in [5.74, 6) is 0. The van der Waals surface area contributed by atoms with Crippen molar-refractivity contribution in [1.82, 2.24) is 0 Å². The van der Waals surface area contributed by atoms with E-state index in [-0.39, 0.29) is 106 Å². The Kier molecular flexibility index (Phi) is 110. The van der Waals surface area contributed by atoms with E-state index < -0.39 is 0 Å². The van der Waals surface area contributed by atoms with E-state index in [2.05, 4.69) is 0 Å². The van der Waals surface area contributed by atoms with E-state index in [9.17, 15) is 0 Å². The van der Waals surface area contributed by atoms with Gasteiger partial charge in [0, 0.05) is 0 Å². The van der Waals surface area contributed by atoms with Crippen LogP contribution in [0.25, 0.3) is 0 Å². The fraction of sp³-hybridized carbons (Fsp3) is 0. The first kappa shape index (κ1) is 26.9. The summed E-state index contributed by atoms with van der Waals surface area (Å²) in [5, 5.41) is 0. The molecule has 0 amide bonds. The van der Waals surface area contributed by atoms with Crippen LogP contribution in [0.5, 0.6) is 0 Å². The van der Waals surface area contributed by atoms with Gasteiger partial charge in [0.2, 0.25) is 0 Å². The normalized spacial score (nSPS) is 0. The van der Waals surface area contributed by atoms with Gasteiger partial charge in [-0.25, -0.2) is 0 Å². The average molecular weight is 180 g/mol. The van der Waals surface area contributed by atoms with Crippen LogP contribution in [-0.2, 0) is 0 Å². The maximum absolute atomic E-state index is 0. The molecule has 0 bridgehead atoms. The Labute approximate surface area is 103 Å². The predicted octanol–water partition coefficient (Wildman–Crippen LogP) is -3.84. The first-order chi connectivity index (χ1) is 0. The Balaban J connectivity index is 0. The van der Waals surface area contributed by atoms with Crippen molar-refractivity contribution in [3.63, 3.8) is 0 Å². The average Bonchev–Trinajstić information content (AvgIpc) is 0. The molecule has 0 unspecified atom stereocenters. The van der Waals surface area contributed by atoms with Crippen molar-refractivity contribution in [1.29, 1.82) is 0 Å². The van der Waals surface area contributed by atoms with Gasteiger partial charge in [-0.2, -0.15) is 0 Å². The van der Waals surface area contributed by atoms with Crippen molar-refractivity contribution >= 4 is 101 Å². The molecule has 0 atom stereocenters. The van der Waals surface area contributed by atoms with Crippen LogP contribution in [0.3, 0.4) is 0 Å². The van der Waals surface area contributed by atoms with E-state index >= 15 is 0 Å². The van der Waals surface area contributed by atoms with Gasteiger partial charge in [0.1, 0.15) is 0 Å². The fourth-order valence-electron chi connectivity index (χ4n) is 0. The summed E-state index contributed by atoms with van der Waals surface area (Å²) >= 11 is 0. The van der Waals surface area contributed by atoms with Gasteiger partial charge < -0.3 is 5.48 Å². The summed E-state index contributed by atoms with van der Waals surface area (Å²) in [4.78, 5) is 0. The van der Waals surface area contributed by atoms with Crippen LogP contribution in [0.1, 0.15) is 0 Å². The molecule has 0 heterocycles. The van der Waals surface area contributed by atoms with Crippen LogP contribution in [0.4, 0.5) is 0 Å². The molecule has 0 saturated carbocycles. The van der Waals surface area contributed by atoms with Crippen molar-refractivity contribution in [2.24, 2.45) is 0 Å². The predicted molar refractivity (Wildman–Crippen MR) is 30.6 cm³/mol. The number of hydrogen-bond donors (Lipinski definition) is 0. The Morgan fingerprint density at radius 2 is 1.00 bits per heavy atom.